The van der Waals surface area contributed by atoms with Gasteiger partial charge in [-0.1, -0.05) is 0 Å². The van der Waals surface area contributed by atoms with Crippen LogP contribution in [0.1, 0.15) is 10.4 Å². The van der Waals surface area contributed by atoms with Crippen molar-refractivity contribution in [3.8, 4) is 5.75 Å². The first-order valence-corrected chi connectivity index (χ1v) is 7.00. The Kier molecular flexibility index (Phi) is 5.19. The van der Waals surface area contributed by atoms with E-state index >= 15 is 0 Å². The van der Waals surface area contributed by atoms with Gasteiger partial charge in [0.25, 0.3) is 5.91 Å². The lowest BCUT2D eigenvalue weighted by atomic mass is 10.1. The number of nitrogens with one attached hydrogen (secondary N) is 1. The number of rotatable bonds is 5. The van der Waals surface area contributed by atoms with Crippen molar-refractivity contribution in [3.63, 3.8) is 0 Å². The molecule has 0 aliphatic carbocycles. The zero-order chi connectivity index (χ0) is 19.6. The summed E-state index contributed by atoms with van der Waals surface area (Å²) in [6, 6.07) is 1.21. The first kappa shape index (κ1) is 18.8. The molecule has 8 nitrogen and oxygen atoms in total. The lowest BCUT2D eigenvalue weighted by molar-refractivity contribution is -0.106. The van der Waals surface area contributed by atoms with Gasteiger partial charge in [-0.25, -0.2) is 18.2 Å². The molecule has 0 aliphatic heterocycles. The zero-order valence-corrected chi connectivity index (χ0v) is 13.6. The number of anilines is 4. The predicted molar refractivity (Wildman–Crippen MR) is 87.5 cm³/mol. The Hall–Kier alpha value is -3.50. The van der Waals surface area contributed by atoms with Crippen LogP contribution in [0.3, 0.4) is 0 Å². The van der Waals surface area contributed by atoms with Crippen LogP contribution in [-0.2, 0) is 4.79 Å². The van der Waals surface area contributed by atoms with Crippen LogP contribution in [-0.4, -0.2) is 31.5 Å². The quantitative estimate of drug-likeness (QED) is 0.540. The van der Waals surface area contributed by atoms with E-state index in [9.17, 15) is 22.8 Å². The molecule has 0 atom stereocenters. The van der Waals surface area contributed by atoms with E-state index in [1.54, 1.807) is 0 Å². The van der Waals surface area contributed by atoms with Crippen LogP contribution < -0.4 is 26.4 Å². The number of carbonyl (C=O) groups excluding carboxylic acids is 2. The molecule has 0 spiro atoms. The van der Waals surface area contributed by atoms with E-state index in [0.29, 0.717) is 11.0 Å². The molecule has 0 unspecified atom stereocenters. The van der Waals surface area contributed by atoms with Crippen LogP contribution in [0.4, 0.5) is 36.2 Å². The summed E-state index contributed by atoms with van der Waals surface area (Å²) < 4.78 is 46.5. The molecule has 2 aromatic rings. The Morgan fingerprint density at radius 2 is 1.88 bits per heavy atom. The van der Waals surface area contributed by atoms with Crippen LogP contribution in [0.25, 0.3) is 0 Å². The smallest absolute Gasteiger partial charge is 0.255 e. The third kappa shape index (κ3) is 3.06. The Labute approximate surface area is 145 Å². The molecule has 0 saturated heterocycles. The molecule has 0 saturated carbocycles. The first-order valence-electron chi connectivity index (χ1n) is 7.00. The molecular formula is C15H14F3N5O3. The van der Waals surface area contributed by atoms with Gasteiger partial charge in [-0.3, -0.25) is 14.5 Å². The number of carbonyl (C=O) groups is 2. The number of methoxy groups -OCH3 is 1. The summed E-state index contributed by atoms with van der Waals surface area (Å²) in [5.74, 6) is -6.01. The molecule has 1 heterocycles. The van der Waals surface area contributed by atoms with Crippen LogP contribution in [0, 0.1) is 17.5 Å². The van der Waals surface area contributed by atoms with Crippen molar-refractivity contribution in [2.24, 2.45) is 0 Å². The van der Waals surface area contributed by atoms with Gasteiger partial charge in [0.15, 0.2) is 29.1 Å². The summed E-state index contributed by atoms with van der Waals surface area (Å²) in [7, 11) is 2.37. The number of ether oxygens (including phenoxy) is 1. The largest absolute Gasteiger partial charge is 0.494 e. The monoisotopic (exact) mass is 369 g/mol. The third-order valence-corrected chi connectivity index (χ3v) is 3.44. The van der Waals surface area contributed by atoms with Crippen molar-refractivity contribution >= 4 is 35.3 Å². The normalized spacial score (nSPS) is 10.3. The lowest BCUT2D eigenvalue weighted by Crippen LogP contribution is -2.27. The second-order valence-corrected chi connectivity index (χ2v) is 4.91. The van der Waals surface area contributed by atoms with Crippen LogP contribution in [0.2, 0.25) is 0 Å². The van der Waals surface area contributed by atoms with Gasteiger partial charge in [-0.15, -0.1) is 0 Å². The highest BCUT2D eigenvalue weighted by Gasteiger charge is 2.29. The molecule has 0 aliphatic rings. The van der Waals surface area contributed by atoms with Gasteiger partial charge >= 0.3 is 0 Å². The molecule has 0 fully saturated rings. The first-order chi connectivity index (χ1) is 12.3. The Bertz CT molecular complexity index is 892. The molecule has 11 heteroatoms. The molecule has 138 valence electrons. The van der Waals surface area contributed by atoms with Gasteiger partial charge in [0.1, 0.15) is 11.4 Å². The van der Waals surface area contributed by atoms with Gasteiger partial charge in [-0.05, 0) is 0 Å². The van der Waals surface area contributed by atoms with E-state index in [2.05, 4.69) is 10.3 Å². The minimum Gasteiger partial charge on any atom is -0.494 e. The highest BCUT2D eigenvalue weighted by molar-refractivity contribution is 6.09. The van der Waals surface area contributed by atoms with Crippen molar-refractivity contribution in [2.45, 2.75) is 0 Å². The molecule has 1 aromatic heterocycles. The summed E-state index contributed by atoms with van der Waals surface area (Å²) in [5, 5.41) is 2.22. The fraction of sp³-hybridized carbons (Fsp3) is 0.133. The number of pyridine rings is 1. The maximum absolute atomic E-state index is 14.2. The fourth-order valence-electron chi connectivity index (χ4n) is 2.23. The maximum atomic E-state index is 14.2. The van der Waals surface area contributed by atoms with Gasteiger partial charge in [0.2, 0.25) is 6.41 Å². The van der Waals surface area contributed by atoms with E-state index in [1.807, 2.05) is 0 Å². The van der Waals surface area contributed by atoms with Crippen molar-refractivity contribution < 1.29 is 27.5 Å². The number of hydrogen-bond acceptors (Lipinski definition) is 6. The molecule has 1 aromatic carbocycles. The van der Waals surface area contributed by atoms with Crippen LogP contribution in [0.15, 0.2) is 12.1 Å². The Balaban J connectivity index is 2.87. The second kappa shape index (κ2) is 7.17. The Morgan fingerprint density at radius 3 is 2.42 bits per heavy atom. The van der Waals surface area contributed by atoms with Crippen LogP contribution >= 0.6 is 0 Å². The summed E-state index contributed by atoms with van der Waals surface area (Å²) in [6.07, 6.45) is 0.0738. The van der Waals surface area contributed by atoms with Crippen molar-refractivity contribution in [2.75, 3.05) is 30.5 Å². The van der Waals surface area contributed by atoms with Gasteiger partial charge < -0.3 is 21.5 Å². The SMILES string of the molecule is CNC(=O)c1c(N)c(F)cc(OC)c1N(C=O)c1nc(N)c(F)cc1F. The summed E-state index contributed by atoms with van der Waals surface area (Å²) >= 11 is 0. The second-order valence-electron chi connectivity index (χ2n) is 4.91. The lowest BCUT2D eigenvalue weighted by Gasteiger charge is -2.23. The Morgan fingerprint density at radius 1 is 1.23 bits per heavy atom. The topological polar surface area (TPSA) is 124 Å². The molecule has 2 rings (SSSR count). The van der Waals surface area contributed by atoms with Gasteiger partial charge in [0.05, 0.1) is 18.4 Å². The third-order valence-electron chi connectivity index (χ3n) is 3.44. The van der Waals surface area contributed by atoms with Gasteiger partial charge in [0, 0.05) is 19.2 Å². The highest BCUT2D eigenvalue weighted by Crippen LogP contribution is 2.40. The van der Waals surface area contributed by atoms with E-state index in [-0.39, 0.29) is 12.2 Å². The van der Waals surface area contributed by atoms with E-state index in [1.165, 1.54) is 7.05 Å². The number of amides is 2. The number of halogens is 3. The van der Waals surface area contributed by atoms with E-state index in [4.69, 9.17) is 16.2 Å². The average Bonchev–Trinajstić information content (AvgIpc) is 2.61. The van der Waals surface area contributed by atoms with E-state index < -0.39 is 51.9 Å². The number of nitrogens with two attached hydrogens (primary N) is 2. The predicted octanol–water partition coefficient (Wildman–Crippen LogP) is 1.33. The molecule has 26 heavy (non-hydrogen) atoms. The van der Waals surface area contributed by atoms with Crippen molar-refractivity contribution in [1.29, 1.82) is 0 Å². The number of benzene rings is 1. The molecule has 0 bridgehead atoms. The highest BCUT2D eigenvalue weighted by atomic mass is 19.1. The summed E-state index contributed by atoms with van der Waals surface area (Å²) in [4.78, 5) is 27.8. The number of nitrogen functional groups attached to an aromatic ring is 2. The molecule has 5 N–H and O–H groups in total. The molecular weight excluding hydrogens is 355 g/mol. The van der Waals surface area contributed by atoms with Gasteiger partial charge in [-0.2, -0.15) is 0 Å². The minimum absolute atomic E-state index is 0.0738. The summed E-state index contributed by atoms with van der Waals surface area (Å²) in [6.45, 7) is 0. The zero-order valence-electron chi connectivity index (χ0n) is 13.6. The van der Waals surface area contributed by atoms with E-state index in [0.717, 1.165) is 13.2 Å². The summed E-state index contributed by atoms with van der Waals surface area (Å²) in [5.41, 5.74) is 9.43. The maximum Gasteiger partial charge on any atom is 0.255 e. The molecule has 2 amide bonds. The average molecular weight is 369 g/mol. The minimum atomic E-state index is -1.25. The number of nitrogens with zero attached hydrogens (tertiary/aromatic N) is 2. The molecule has 0 radical (unpaired) electrons. The van der Waals surface area contributed by atoms with Crippen LogP contribution in [0.5, 0.6) is 5.75 Å². The van der Waals surface area contributed by atoms with Crippen molar-refractivity contribution in [1.82, 2.24) is 10.3 Å². The standard InChI is InChI=1S/C15H14F3N5O3/c1-21-15(25)10-11(19)6(16)4-9(26-2)12(10)23(5-24)14-8(18)3-7(17)13(20)22-14/h3-5H,19H2,1-2H3,(H2,20,22)(H,21,25). The van der Waals surface area contributed by atoms with Crippen molar-refractivity contribution in [3.05, 3.63) is 35.1 Å². The fourth-order valence-corrected chi connectivity index (χ4v) is 2.23. The number of aromatic nitrogens is 1. The number of hydrogen-bond donors (Lipinski definition) is 3.